The number of benzene rings is 3. The average Bonchev–Trinajstić information content (AvgIpc) is 2.72. The molecule has 0 aliphatic heterocycles. The van der Waals surface area contributed by atoms with Gasteiger partial charge in [-0.2, -0.15) is 0 Å². The quantitative estimate of drug-likeness (QED) is 0.333. The van der Waals surface area contributed by atoms with E-state index in [4.69, 9.17) is 11.6 Å². The molecule has 12 heteroatoms. The van der Waals surface area contributed by atoms with Crippen LogP contribution >= 0.6 is 27.5 Å². The molecule has 0 aliphatic rings. The Morgan fingerprint density at radius 1 is 1.03 bits per heavy atom. The van der Waals surface area contributed by atoms with Crippen LogP contribution in [0.15, 0.2) is 70.0 Å². The first-order chi connectivity index (χ1) is 15.8. The Morgan fingerprint density at radius 3 is 2.35 bits per heavy atom. The summed E-state index contributed by atoms with van der Waals surface area (Å²) in [5.74, 6) is -0.898. The van der Waals surface area contributed by atoms with E-state index < -0.39 is 28.0 Å². The molecule has 0 bridgehead atoms. The normalized spacial score (nSPS) is 11.7. The molecule has 0 radical (unpaired) electrons. The molecule has 180 valence electrons. The number of hydrogen-bond acceptors (Lipinski definition) is 4. The molecular weight excluding hydrogens is 561 g/mol. The predicted molar refractivity (Wildman–Crippen MR) is 127 cm³/mol. The third-order valence-electron chi connectivity index (χ3n) is 4.47. The number of carbonyl (C=O) groups excluding carboxylic acids is 1. The molecule has 0 unspecified atom stereocenters. The molecule has 6 nitrogen and oxygen atoms in total. The fourth-order valence-corrected chi connectivity index (χ4v) is 5.10. The predicted octanol–water partition coefficient (Wildman–Crippen LogP) is 6.93. The Balaban J connectivity index is 1.79. The van der Waals surface area contributed by atoms with E-state index in [9.17, 15) is 26.4 Å². The zero-order valence-corrected chi connectivity index (χ0v) is 20.6. The van der Waals surface area contributed by atoms with Crippen molar-refractivity contribution < 1.29 is 31.1 Å². The van der Waals surface area contributed by atoms with Gasteiger partial charge in [0, 0.05) is 15.2 Å². The number of amides is 2. The molecule has 2 amide bonds. The van der Waals surface area contributed by atoms with Gasteiger partial charge in [0.25, 0.3) is 0 Å². The number of rotatable bonds is 6. The highest BCUT2D eigenvalue weighted by atomic mass is 79.9. The summed E-state index contributed by atoms with van der Waals surface area (Å²) in [6.45, 7) is 1.61. The smallest absolute Gasteiger partial charge is 0.404 e. The fourth-order valence-electron chi connectivity index (χ4n) is 2.98. The highest BCUT2D eigenvalue weighted by molar-refractivity contribution is 9.10. The molecule has 0 aromatic heterocycles. The zero-order chi connectivity index (χ0) is 25.1. The van der Waals surface area contributed by atoms with E-state index in [1.807, 2.05) is 0 Å². The van der Waals surface area contributed by atoms with Crippen molar-refractivity contribution >= 4 is 54.8 Å². The first-order valence-corrected chi connectivity index (χ1v) is 12.4. The summed E-state index contributed by atoms with van der Waals surface area (Å²) in [6, 6.07) is 13.5. The number of halogens is 5. The van der Waals surface area contributed by atoms with Crippen LogP contribution in [0.3, 0.4) is 0 Å². The lowest BCUT2D eigenvalue weighted by Gasteiger charge is -2.15. The lowest BCUT2D eigenvalue weighted by Crippen LogP contribution is -2.22. The Morgan fingerprint density at radius 2 is 1.71 bits per heavy atom. The third-order valence-corrected chi connectivity index (χ3v) is 7.04. The van der Waals surface area contributed by atoms with Crippen molar-refractivity contribution in [1.29, 1.82) is 0 Å². The molecule has 0 heterocycles. The zero-order valence-electron chi connectivity index (χ0n) is 17.4. The summed E-state index contributed by atoms with van der Waals surface area (Å²) in [4.78, 5) is 12.4. The van der Waals surface area contributed by atoms with Gasteiger partial charge >= 0.3 is 12.4 Å². The Hall–Kier alpha value is -2.76. The van der Waals surface area contributed by atoms with Gasteiger partial charge in [-0.05, 0) is 60.5 Å². The Kier molecular flexibility index (Phi) is 7.79. The van der Waals surface area contributed by atoms with Crippen LogP contribution in [0.4, 0.5) is 29.3 Å². The van der Waals surface area contributed by atoms with Crippen molar-refractivity contribution in [2.45, 2.75) is 23.9 Å². The lowest BCUT2D eigenvalue weighted by molar-refractivity contribution is -0.274. The number of aryl methyl sites for hydroxylation is 1. The van der Waals surface area contributed by atoms with Gasteiger partial charge in [0.1, 0.15) is 0 Å². The van der Waals surface area contributed by atoms with Crippen LogP contribution < -0.4 is 15.4 Å². The number of carbonyl (C=O) groups is 1. The molecule has 34 heavy (non-hydrogen) atoms. The van der Waals surface area contributed by atoms with Crippen LogP contribution in [0.25, 0.3) is 0 Å². The summed E-state index contributed by atoms with van der Waals surface area (Å²) < 4.78 is 68.2. The van der Waals surface area contributed by atoms with E-state index in [2.05, 4.69) is 31.3 Å². The van der Waals surface area contributed by atoms with Crippen LogP contribution in [0.5, 0.6) is 5.75 Å². The maximum Gasteiger partial charge on any atom is 0.573 e. The highest BCUT2D eigenvalue weighted by Gasteiger charge is 2.32. The topological polar surface area (TPSA) is 84.5 Å². The minimum atomic E-state index is -4.96. The van der Waals surface area contributed by atoms with Crippen LogP contribution in [0.1, 0.15) is 11.1 Å². The van der Waals surface area contributed by atoms with Gasteiger partial charge < -0.3 is 15.4 Å². The highest BCUT2D eigenvalue weighted by Crippen LogP contribution is 2.33. The molecule has 2 N–H and O–H groups in total. The monoisotopic (exact) mass is 576 g/mol. The lowest BCUT2D eigenvalue weighted by atomic mass is 10.2. The average molecular weight is 578 g/mol. The van der Waals surface area contributed by atoms with Crippen molar-refractivity contribution in [2.75, 3.05) is 10.6 Å². The molecule has 0 atom stereocenters. The van der Waals surface area contributed by atoms with Gasteiger partial charge in [0.2, 0.25) is 0 Å². The van der Waals surface area contributed by atoms with Gasteiger partial charge in [-0.25, -0.2) is 13.2 Å². The molecule has 0 fully saturated rings. The Bertz CT molecular complexity index is 1320. The molecule has 3 aromatic rings. The van der Waals surface area contributed by atoms with Crippen molar-refractivity contribution in [3.05, 3.63) is 81.3 Å². The summed E-state index contributed by atoms with van der Waals surface area (Å²) in [5.41, 5.74) is 0.898. The SMILES string of the molecule is Cc1ccc(NC(=O)Nc2ccc(Br)cc2OC(F)(F)F)cc1S(=O)(=O)Cc1ccc(Cl)cc1. The summed E-state index contributed by atoms with van der Waals surface area (Å²) >= 11 is 8.89. The number of hydrogen-bond donors (Lipinski definition) is 2. The third kappa shape index (κ3) is 7.12. The van der Waals surface area contributed by atoms with Crippen molar-refractivity contribution in [1.82, 2.24) is 0 Å². The first-order valence-electron chi connectivity index (χ1n) is 9.53. The molecule has 0 spiro atoms. The largest absolute Gasteiger partial charge is 0.573 e. The van der Waals surface area contributed by atoms with E-state index in [-0.39, 0.29) is 22.0 Å². The minimum absolute atomic E-state index is 0.00462. The second-order valence-corrected chi connectivity index (χ2v) is 10.4. The van der Waals surface area contributed by atoms with Gasteiger partial charge in [0.05, 0.1) is 16.3 Å². The molecule has 0 saturated heterocycles. The van der Waals surface area contributed by atoms with Crippen LogP contribution in [0.2, 0.25) is 5.02 Å². The second-order valence-electron chi connectivity index (χ2n) is 7.13. The van der Waals surface area contributed by atoms with Crippen LogP contribution in [0, 0.1) is 6.92 Å². The van der Waals surface area contributed by atoms with E-state index in [0.29, 0.717) is 20.6 Å². The number of alkyl halides is 3. The molecule has 3 rings (SSSR count). The van der Waals surface area contributed by atoms with Crippen LogP contribution in [-0.4, -0.2) is 20.8 Å². The molecule has 0 aliphatic carbocycles. The fraction of sp³-hybridized carbons (Fsp3) is 0.136. The van der Waals surface area contributed by atoms with Crippen molar-refractivity contribution in [3.8, 4) is 5.75 Å². The van der Waals surface area contributed by atoms with Gasteiger partial charge in [-0.1, -0.05) is 45.7 Å². The first kappa shape index (κ1) is 25.9. The molecule has 3 aromatic carbocycles. The van der Waals surface area contributed by atoms with Gasteiger partial charge in [0.15, 0.2) is 15.6 Å². The number of ether oxygens (including phenoxy) is 1. The summed E-state index contributed by atoms with van der Waals surface area (Å²) in [6.07, 6.45) is -4.96. The van der Waals surface area contributed by atoms with Crippen molar-refractivity contribution in [2.24, 2.45) is 0 Å². The van der Waals surface area contributed by atoms with E-state index >= 15 is 0 Å². The minimum Gasteiger partial charge on any atom is -0.404 e. The molecular formula is C22H17BrClF3N2O4S. The maximum atomic E-state index is 13.0. The number of nitrogens with one attached hydrogen (secondary N) is 2. The standard InChI is InChI=1S/C22H17BrClF3N2O4S/c1-13-2-8-17(11-20(13)34(31,32)12-14-3-6-16(24)7-4-14)28-21(30)29-18-9-5-15(23)10-19(18)33-22(25,26)27/h2-11H,12H2,1H3,(H2,28,29,30). The van der Waals surface area contributed by atoms with E-state index in [1.165, 1.54) is 30.3 Å². The van der Waals surface area contributed by atoms with E-state index in [0.717, 1.165) is 6.07 Å². The van der Waals surface area contributed by atoms with Crippen LogP contribution in [-0.2, 0) is 15.6 Å². The summed E-state index contributed by atoms with van der Waals surface area (Å²) in [5, 5.41) is 5.17. The Labute approximate surface area is 207 Å². The number of sulfone groups is 1. The van der Waals surface area contributed by atoms with Crippen molar-refractivity contribution in [3.63, 3.8) is 0 Å². The number of urea groups is 1. The van der Waals surface area contributed by atoms with Gasteiger partial charge in [-0.3, -0.25) is 0 Å². The van der Waals surface area contributed by atoms with E-state index in [1.54, 1.807) is 31.2 Å². The summed E-state index contributed by atoms with van der Waals surface area (Å²) in [7, 11) is -3.77. The molecule has 0 saturated carbocycles. The maximum absolute atomic E-state index is 13.0. The second kappa shape index (κ2) is 10.2. The van der Waals surface area contributed by atoms with Gasteiger partial charge in [-0.15, -0.1) is 13.2 Å². The number of anilines is 2.